The van der Waals surface area contributed by atoms with Gasteiger partial charge >= 0.3 is 0 Å². The molecule has 0 aromatic carbocycles. The van der Waals surface area contributed by atoms with E-state index in [0.29, 0.717) is 5.41 Å². The van der Waals surface area contributed by atoms with E-state index in [1.807, 2.05) is 0 Å². The summed E-state index contributed by atoms with van der Waals surface area (Å²) in [7, 11) is 0. The molecule has 4 aliphatic carbocycles. The summed E-state index contributed by atoms with van der Waals surface area (Å²) in [6.45, 7) is 5.10. The standard InChI is InChI=1S/C14H20/c1-13-5-3-9(7-13)12-11(13)10-4-6-14(12,2)8-10/h3,5,9-12H,4,6-8H2,1-2H3. The molecule has 0 amide bonds. The first-order chi connectivity index (χ1) is 6.62. The topological polar surface area (TPSA) is 0 Å². The van der Waals surface area contributed by atoms with E-state index in [2.05, 4.69) is 26.0 Å². The van der Waals surface area contributed by atoms with Gasteiger partial charge in [-0.15, -0.1) is 0 Å². The van der Waals surface area contributed by atoms with Gasteiger partial charge in [0.2, 0.25) is 0 Å². The van der Waals surface area contributed by atoms with Crippen molar-refractivity contribution in [2.75, 3.05) is 0 Å². The Hall–Kier alpha value is -0.260. The number of rotatable bonds is 0. The molecule has 0 aromatic heterocycles. The van der Waals surface area contributed by atoms with Gasteiger partial charge in [-0.1, -0.05) is 26.0 Å². The number of hydrogen-bond acceptors (Lipinski definition) is 0. The molecule has 4 aliphatic rings. The van der Waals surface area contributed by atoms with E-state index in [1.165, 1.54) is 19.3 Å². The highest BCUT2D eigenvalue weighted by atomic mass is 14.7. The lowest BCUT2D eigenvalue weighted by Gasteiger charge is -2.41. The fourth-order valence-electron chi connectivity index (χ4n) is 5.87. The molecule has 0 nitrogen and oxygen atoms in total. The van der Waals surface area contributed by atoms with Crippen LogP contribution in [0.15, 0.2) is 12.2 Å². The predicted molar refractivity (Wildman–Crippen MR) is 57.8 cm³/mol. The zero-order valence-corrected chi connectivity index (χ0v) is 9.29. The number of fused-ring (bicyclic) bond motifs is 9. The van der Waals surface area contributed by atoms with Crippen LogP contribution in [0.2, 0.25) is 0 Å². The highest BCUT2D eigenvalue weighted by Crippen LogP contribution is 2.74. The van der Waals surface area contributed by atoms with Crippen molar-refractivity contribution >= 4 is 0 Å². The molecule has 0 spiro atoms. The molecule has 0 N–H and O–H groups in total. The SMILES string of the molecule is CC12C=CC(C1)C1C2C2CCC1(C)C2. The monoisotopic (exact) mass is 188 g/mol. The summed E-state index contributed by atoms with van der Waals surface area (Å²) in [5.41, 5.74) is 1.35. The van der Waals surface area contributed by atoms with Crippen molar-refractivity contribution in [3.63, 3.8) is 0 Å². The molecule has 0 aliphatic heterocycles. The molecule has 0 saturated heterocycles. The molecule has 0 radical (unpaired) electrons. The molecule has 6 unspecified atom stereocenters. The Bertz CT molecular complexity index is 329. The summed E-state index contributed by atoms with van der Waals surface area (Å²) in [4.78, 5) is 0. The first kappa shape index (κ1) is 7.96. The lowest BCUT2D eigenvalue weighted by atomic mass is 9.64. The summed E-state index contributed by atoms with van der Waals surface area (Å²) in [5, 5.41) is 0. The van der Waals surface area contributed by atoms with E-state index in [4.69, 9.17) is 0 Å². The summed E-state index contributed by atoms with van der Waals surface area (Å²) >= 11 is 0. The summed E-state index contributed by atoms with van der Waals surface area (Å²) in [6, 6.07) is 0. The molecular weight excluding hydrogens is 168 g/mol. The second-order valence-electron chi connectivity index (χ2n) is 6.94. The number of allylic oxidation sites excluding steroid dienone is 2. The third-order valence-electron chi connectivity index (χ3n) is 6.14. The van der Waals surface area contributed by atoms with Gasteiger partial charge in [0.1, 0.15) is 0 Å². The highest BCUT2D eigenvalue weighted by molar-refractivity contribution is 5.26. The fraction of sp³-hybridized carbons (Fsp3) is 0.857. The minimum absolute atomic E-state index is 0.609. The van der Waals surface area contributed by atoms with Crippen molar-refractivity contribution < 1.29 is 0 Å². The molecule has 0 heterocycles. The second kappa shape index (κ2) is 1.99. The third kappa shape index (κ3) is 0.647. The van der Waals surface area contributed by atoms with E-state index >= 15 is 0 Å². The van der Waals surface area contributed by atoms with Crippen LogP contribution < -0.4 is 0 Å². The predicted octanol–water partition coefficient (Wildman–Crippen LogP) is 3.63. The lowest BCUT2D eigenvalue weighted by Crippen LogP contribution is -2.34. The lowest BCUT2D eigenvalue weighted by molar-refractivity contribution is 0.109. The van der Waals surface area contributed by atoms with Crippen molar-refractivity contribution in [3.05, 3.63) is 12.2 Å². The van der Waals surface area contributed by atoms with Gasteiger partial charge in [0.15, 0.2) is 0 Å². The highest BCUT2D eigenvalue weighted by Gasteiger charge is 2.66. The Morgan fingerprint density at radius 3 is 2.79 bits per heavy atom. The van der Waals surface area contributed by atoms with Gasteiger partial charge in [-0.3, -0.25) is 0 Å². The zero-order chi connectivity index (χ0) is 9.55. The minimum Gasteiger partial charge on any atom is -0.0845 e. The smallest absolute Gasteiger partial charge is 0.0107 e. The van der Waals surface area contributed by atoms with Gasteiger partial charge in [-0.2, -0.15) is 0 Å². The number of hydrogen-bond donors (Lipinski definition) is 0. The minimum atomic E-state index is 0.609. The van der Waals surface area contributed by atoms with Crippen LogP contribution in [0.4, 0.5) is 0 Å². The summed E-state index contributed by atoms with van der Waals surface area (Å²) < 4.78 is 0. The van der Waals surface area contributed by atoms with Crippen LogP contribution in [0.25, 0.3) is 0 Å². The van der Waals surface area contributed by atoms with Crippen LogP contribution in [-0.2, 0) is 0 Å². The third-order valence-corrected chi connectivity index (χ3v) is 6.14. The summed E-state index contributed by atoms with van der Waals surface area (Å²) in [6.07, 6.45) is 11.2. The summed E-state index contributed by atoms with van der Waals surface area (Å²) in [5.74, 6) is 4.18. The van der Waals surface area contributed by atoms with Gasteiger partial charge in [-0.25, -0.2) is 0 Å². The normalized spacial score (nSPS) is 67.9. The molecule has 0 aromatic rings. The first-order valence-corrected chi connectivity index (χ1v) is 6.32. The van der Waals surface area contributed by atoms with Crippen LogP contribution >= 0.6 is 0 Å². The maximum absolute atomic E-state index is 2.58. The van der Waals surface area contributed by atoms with Gasteiger partial charge < -0.3 is 0 Å². The molecule has 4 bridgehead atoms. The Kier molecular flexibility index (Phi) is 1.13. The van der Waals surface area contributed by atoms with Crippen molar-refractivity contribution in [3.8, 4) is 0 Å². The fourth-order valence-corrected chi connectivity index (χ4v) is 5.87. The zero-order valence-electron chi connectivity index (χ0n) is 9.29. The van der Waals surface area contributed by atoms with E-state index < -0.39 is 0 Å². The van der Waals surface area contributed by atoms with E-state index in [-0.39, 0.29) is 0 Å². The molecular formula is C14H20. The van der Waals surface area contributed by atoms with E-state index in [0.717, 1.165) is 29.1 Å². The van der Waals surface area contributed by atoms with Crippen molar-refractivity contribution in [1.29, 1.82) is 0 Å². The second-order valence-corrected chi connectivity index (χ2v) is 6.94. The van der Waals surface area contributed by atoms with Crippen LogP contribution in [0, 0.1) is 34.5 Å². The van der Waals surface area contributed by atoms with Crippen LogP contribution in [0.3, 0.4) is 0 Å². The molecule has 3 fully saturated rings. The van der Waals surface area contributed by atoms with Crippen molar-refractivity contribution in [2.45, 2.75) is 39.5 Å². The quantitative estimate of drug-likeness (QED) is 0.402. The molecule has 76 valence electrons. The average Bonchev–Trinajstić information content (AvgIpc) is 2.78. The average molecular weight is 188 g/mol. The maximum Gasteiger partial charge on any atom is -0.0107 e. The molecule has 4 rings (SSSR count). The maximum atomic E-state index is 2.58. The van der Waals surface area contributed by atoms with Crippen LogP contribution in [0.1, 0.15) is 39.5 Å². The Balaban J connectivity index is 1.87. The Morgan fingerprint density at radius 2 is 2.00 bits per heavy atom. The van der Waals surface area contributed by atoms with E-state index in [1.54, 1.807) is 6.42 Å². The van der Waals surface area contributed by atoms with Crippen molar-refractivity contribution in [2.24, 2.45) is 34.5 Å². The molecule has 6 atom stereocenters. The Labute approximate surface area is 86.8 Å². The van der Waals surface area contributed by atoms with Crippen LogP contribution in [0.5, 0.6) is 0 Å². The van der Waals surface area contributed by atoms with Gasteiger partial charge in [-0.05, 0) is 60.2 Å². The largest absolute Gasteiger partial charge is 0.0845 e. The van der Waals surface area contributed by atoms with Gasteiger partial charge in [0.25, 0.3) is 0 Å². The first-order valence-electron chi connectivity index (χ1n) is 6.32. The van der Waals surface area contributed by atoms with Gasteiger partial charge in [0, 0.05) is 0 Å². The molecule has 0 heteroatoms. The van der Waals surface area contributed by atoms with Crippen LogP contribution in [-0.4, -0.2) is 0 Å². The molecule has 14 heavy (non-hydrogen) atoms. The van der Waals surface area contributed by atoms with Gasteiger partial charge in [0.05, 0.1) is 0 Å². The van der Waals surface area contributed by atoms with Crippen molar-refractivity contribution in [1.82, 2.24) is 0 Å². The molecule has 3 saturated carbocycles. The van der Waals surface area contributed by atoms with E-state index in [9.17, 15) is 0 Å². The Morgan fingerprint density at radius 1 is 1.14 bits per heavy atom.